The average molecular weight is 247 g/mol. The fraction of sp³-hybridized carbons (Fsp3) is 0.941. The highest BCUT2D eigenvalue weighted by Gasteiger charge is 2.34. The molecular formula is C17H29N. The first-order valence-electron chi connectivity index (χ1n) is 8.14. The van der Waals surface area contributed by atoms with Crippen LogP contribution in [-0.4, -0.2) is 0 Å². The normalized spacial score (nSPS) is 41.3. The summed E-state index contributed by atoms with van der Waals surface area (Å²) in [6.07, 6.45) is 12.2. The Morgan fingerprint density at radius 3 is 2.33 bits per heavy atom. The van der Waals surface area contributed by atoms with Crippen LogP contribution in [0.3, 0.4) is 0 Å². The average Bonchev–Trinajstić information content (AvgIpc) is 2.40. The molecule has 102 valence electrons. The van der Waals surface area contributed by atoms with Gasteiger partial charge in [-0.05, 0) is 62.2 Å². The molecule has 2 aliphatic carbocycles. The Bertz CT molecular complexity index is 282. The molecule has 0 aromatic heterocycles. The third kappa shape index (κ3) is 3.28. The van der Waals surface area contributed by atoms with E-state index < -0.39 is 0 Å². The lowest BCUT2D eigenvalue weighted by molar-refractivity contribution is 0.100. The van der Waals surface area contributed by atoms with Crippen molar-refractivity contribution in [2.75, 3.05) is 0 Å². The van der Waals surface area contributed by atoms with Crippen LogP contribution in [0, 0.1) is 40.9 Å². The van der Waals surface area contributed by atoms with Crippen molar-refractivity contribution < 1.29 is 0 Å². The molecule has 1 nitrogen and oxygen atoms in total. The molecule has 2 rings (SSSR count). The molecule has 18 heavy (non-hydrogen) atoms. The molecule has 1 heteroatoms. The second-order valence-corrected chi connectivity index (χ2v) is 6.85. The number of nitriles is 1. The molecule has 0 saturated heterocycles. The third-order valence-corrected chi connectivity index (χ3v) is 5.60. The molecule has 2 fully saturated rings. The van der Waals surface area contributed by atoms with Crippen molar-refractivity contribution >= 4 is 0 Å². The maximum absolute atomic E-state index is 8.98. The molecule has 0 radical (unpaired) electrons. The Hall–Kier alpha value is -0.510. The minimum atomic E-state index is 0.369. The van der Waals surface area contributed by atoms with Crippen molar-refractivity contribution in [1.29, 1.82) is 5.26 Å². The molecule has 2 aliphatic rings. The predicted molar refractivity (Wildman–Crippen MR) is 76.0 cm³/mol. The monoisotopic (exact) mass is 247 g/mol. The van der Waals surface area contributed by atoms with E-state index in [1.807, 2.05) is 0 Å². The Labute approximate surface area is 113 Å². The van der Waals surface area contributed by atoms with E-state index >= 15 is 0 Å². The van der Waals surface area contributed by atoms with Gasteiger partial charge in [-0.1, -0.05) is 33.1 Å². The highest BCUT2D eigenvalue weighted by molar-refractivity contribution is 4.90. The Kier molecular flexibility index (Phi) is 5.10. The van der Waals surface area contributed by atoms with E-state index in [1.165, 1.54) is 57.8 Å². The molecule has 0 spiro atoms. The molecular weight excluding hydrogens is 218 g/mol. The van der Waals surface area contributed by atoms with Crippen LogP contribution in [0.5, 0.6) is 0 Å². The van der Waals surface area contributed by atoms with Crippen LogP contribution in [0.25, 0.3) is 0 Å². The van der Waals surface area contributed by atoms with Gasteiger partial charge < -0.3 is 0 Å². The van der Waals surface area contributed by atoms with Crippen LogP contribution in [0.1, 0.15) is 71.6 Å². The van der Waals surface area contributed by atoms with Crippen molar-refractivity contribution in [2.24, 2.45) is 29.6 Å². The van der Waals surface area contributed by atoms with E-state index in [1.54, 1.807) is 0 Å². The minimum absolute atomic E-state index is 0.369. The zero-order chi connectivity index (χ0) is 13.0. The lowest BCUT2D eigenvalue weighted by atomic mass is 9.64. The summed E-state index contributed by atoms with van der Waals surface area (Å²) in [5, 5.41) is 8.98. The highest BCUT2D eigenvalue weighted by atomic mass is 14.4. The van der Waals surface area contributed by atoms with Crippen molar-refractivity contribution in [3.8, 4) is 6.07 Å². The Balaban J connectivity index is 1.82. The first-order valence-corrected chi connectivity index (χ1v) is 8.14. The summed E-state index contributed by atoms with van der Waals surface area (Å²) in [5.74, 6) is 4.22. The van der Waals surface area contributed by atoms with Gasteiger partial charge in [-0.15, -0.1) is 0 Å². The van der Waals surface area contributed by atoms with Crippen molar-refractivity contribution in [2.45, 2.75) is 71.6 Å². The topological polar surface area (TPSA) is 23.8 Å². The molecule has 2 saturated carbocycles. The zero-order valence-electron chi connectivity index (χ0n) is 12.2. The van der Waals surface area contributed by atoms with Crippen LogP contribution in [-0.2, 0) is 0 Å². The fourth-order valence-electron chi connectivity index (χ4n) is 4.58. The molecule has 0 amide bonds. The summed E-state index contributed by atoms with van der Waals surface area (Å²) in [7, 11) is 0. The highest BCUT2D eigenvalue weighted by Crippen LogP contribution is 2.44. The molecule has 0 aliphatic heterocycles. The van der Waals surface area contributed by atoms with E-state index in [-0.39, 0.29) is 0 Å². The molecule has 1 unspecified atom stereocenters. The van der Waals surface area contributed by atoms with Crippen molar-refractivity contribution in [3.63, 3.8) is 0 Å². The summed E-state index contributed by atoms with van der Waals surface area (Å²) in [5.41, 5.74) is 0. The number of nitrogens with zero attached hydrogens (tertiary/aromatic N) is 1. The number of rotatable bonds is 3. The van der Waals surface area contributed by atoms with E-state index in [4.69, 9.17) is 5.26 Å². The van der Waals surface area contributed by atoms with Gasteiger partial charge in [-0.3, -0.25) is 0 Å². The van der Waals surface area contributed by atoms with Crippen LogP contribution in [0.15, 0.2) is 0 Å². The van der Waals surface area contributed by atoms with Crippen molar-refractivity contribution in [3.05, 3.63) is 0 Å². The summed E-state index contributed by atoms with van der Waals surface area (Å²) in [6.45, 7) is 4.81. The SMILES string of the molecule is CCC[C@H]1CCC([C@H]2CC[C@H](C#N)CC2)[C@H](C)C1. The molecule has 0 N–H and O–H groups in total. The van der Waals surface area contributed by atoms with Crippen LogP contribution in [0.4, 0.5) is 0 Å². The third-order valence-electron chi connectivity index (χ3n) is 5.60. The second-order valence-electron chi connectivity index (χ2n) is 6.85. The lowest BCUT2D eigenvalue weighted by Gasteiger charge is -2.41. The number of hydrogen-bond acceptors (Lipinski definition) is 1. The van der Waals surface area contributed by atoms with Gasteiger partial charge in [-0.25, -0.2) is 0 Å². The van der Waals surface area contributed by atoms with Gasteiger partial charge in [0.25, 0.3) is 0 Å². The van der Waals surface area contributed by atoms with Crippen molar-refractivity contribution in [1.82, 2.24) is 0 Å². The van der Waals surface area contributed by atoms with Gasteiger partial charge in [-0.2, -0.15) is 5.26 Å². The molecule has 0 bridgehead atoms. The first-order chi connectivity index (χ1) is 8.74. The smallest absolute Gasteiger partial charge is 0.0655 e. The van der Waals surface area contributed by atoms with Crippen LogP contribution < -0.4 is 0 Å². The molecule has 0 heterocycles. The van der Waals surface area contributed by atoms with Gasteiger partial charge in [0.15, 0.2) is 0 Å². The van der Waals surface area contributed by atoms with E-state index in [2.05, 4.69) is 19.9 Å². The van der Waals surface area contributed by atoms with Crippen LogP contribution >= 0.6 is 0 Å². The molecule has 3 atom stereocenters. The summed E-state index contributed by atoms with van der Waals surface area (Å²) in [4.78, 5) is 0. The predicted octanol–water partition coefficient (Wildman–Crippen LogP) is 5.17. The molecule has 0 aromatic rings. The Morgan fingerprint density at radius 2 is 1.78 bits per heavy atom. The van der Waals surface area contributed by atoms with Gasteiger partial charge in [0.05, 0.1) is 6.07 Å². The second kappa shape index (κ2) is 6.60. The van der Waals surface area contributed by atoms with Gasteiger partial charge >= 0.3 is 0 Å². The van der Waals surface area contributed by atoms with Crippen LogP contribution in [0.2, 0.25) is 0 Å². The maximum Gasteiger partial charge on any atom is 0.0655 e. The summed E-state index contributed by atoms with van der Waals surface area (Å²) in [6, 6.07) is 2.46. The largest absolute Gasteiger partial charge is 0.198 e. The minimum Gasteiger partial charge on any atom is -0.198 e. The van der Waals surface area contributed by atoms with Gasteiger partial charge in [0, 0.05) is 5.92 Å². The molecule has 0 aromatic carbocycles. The van der Waals surface area contributed by atoms with E-state index in [9.17, 15) is 0 Å². The maximum atomic E-state index is 8.98. The Morgan fingerprint density at radius 1 is 1.06 bits per heavy atom. The number of hydrogen-bond donors (Lipinski definition) is 0. The van der Waals surface area contributed by atoms with E-state index in [0.717, 1.165) is 23.7 Å². The van der Waals surface area contributed by atoms with Gasteiger partial charge in [0.1, 0.15) is 0 Å². The lowest BCUT2D eigenvalue weighted by Crippen LogP contribution is -2.31. The van der Waals surface area contributed by atoms with Gasteiger partial charge in [0.2, 0.25) is 0 Å². The summed E-state index contributed by atoms with van der Waals surface area (Å²) < 4.78 is 0. The quantitative estimate of drug-likeness (QED) is 0.675. The first kappa shape index (κ1) is 13.9. The summed E-state index contributed by atoms with van der Waals surface area (Å²) >= 11 is 0. The standard InChI is InChI=1S/C17H29N/c1-3-4-14-7-10-17(13(2)11-14)16-8-5-15(12-18)6-9-16/h13-17H,3-11H2,1-2H3/t13-,14+,15-,16-,17?/m1/s1. The fourth-order valence-corrected chi connectivity index (χ4v) is 4.58. The zero-order valence-corrected chi connectivity index (χ0v) is 12.2. The van der Waals surface area contributed by atoms with E-state index in [0.29, 0.717) is 5.92 Å².